The lowest BCUT2D eigenvalue weighted by Crippen LogP contribution is -2.29. The third kappa shape index (κ3) is 2.12. The van der Waals surface area contributed by atoms with Gasteiger partial charge in [-0.2, -0.15) is 0 Å². The van der Waals surface area contributed by atoms with Crippen molar-refractivity contribution in [1.29, 1.82) is 0 Å². The third-order valence-corrected chi connectivity index (χ3v) is 2.30. The number of benzene rings is 1. The van der Waals surface area contributed by atoms with Gasteiger partial charge in [0.05, 0.1) is 19.3 Å². The lowest BCUT2D eigenvalue weighted by atomic mass is 10.2. The van der Waals surface area contributed by atoms with Crippen molar-refractivity contribution in [3.05, 3.63) is 35.9 Å². The van der Waals surface area contributed by atoms with Crippen molar-refractivity contribution in [1.82, 2.24) is 0 Å². The summed E-state index contributed by atoms with van der Waals surface area (Å²) in [4.78, 5) is 0. The standard InChI is InChI=1S/C11H14O3/c12-8-10-6-7-13-11(14-10)9-4-2-1-3-5-9/h1-5,10-12H,6-8H2/t10-,11+/m1/s1. The third-order valence-electron chi connectivity index (χ3n) is 2.30. The van der Waals surface area contributed by atoms with Crippen molar-refractivity contribution in [2.45, 2.75) is 18.8 Å². The molecule has 0 unspecified atom stereocenters. The molecule has 1 heterocycles. The Balaban J connectivity index is 2.04. The Hall–Kier alpha value is -0.900. The number of aliphatic hydroxyl groups excluding tert-OH is 1. The molecule has 2 atom stereocenters. The molecule has 1 aromatic carbocycles. The van der Waals surface area contributed by atoms with Crippen LogP contribution in [0.1, 0.15) is 18.3 Å². The molecule has 0 bridgehead atoms. The zero-order valence-electron chi connectivity index (χ0n) is 7.93. The number of hydrogen-bond acceptors (Lipinski definition) is 3. The maximum Gasteiger partial charge on any atom is 0.184 e. The molecule has 0 saturated carbocycles. The quantitative estimate of drug-likeness (QED) is 0.775. The van der Waals surface area contributed by atoms with Gasteiger partial charge in [0, 0.05) is 5.56 Å². The van der Waals surface area contributed by atoms with Crippen LogP contribution in [0.2, 0.25) is 0 Å². The average Bonchev–Trinajstić information content (AvgIpc) is 2.30. The highest BCUT2D eigenvalue weighted by molar-refractivity contribution is 5.16. The van der Waals surface area contributed by atoms with E-state index in [1.54, 1.807) is 0 Å². The van der Waals surface area contributed by atoms with E-state index in [2.05, 4.69) is 0 Å². The second-order valence-electron chi connectivity index (χ2n) is 3.34. The van der Waals surface area contributed by atoms with Crippen LogP contribution in [0.3, 0.4) is 0 Å². The lowest BCUT2D eigenvalue weighted by Gasteiger charge is -2.29. The minimum absolute atomic E-state index is 0.0622. The summed E-state index contributed by atoms with van der Waals surface area (Å²) in [6, 6.07) is 9.78. The van der Waals surface area contributed by atoms with Crippen molar-refractivity contribution in [3.8, 4) is 0 Å². The summed E-state index contributed by atoms with van der Waals surface area (Å²) in [5.74, 6) is 0. The van der Waals surface area contributed by atoms with Crippen LogP contribution in [-0.4, -0.2) is 24.4 Å². The second kappa shape index (κ2) is 4.55. The normalized spacial score (nSPS) is 27.5. The Morgan fingerprint density at radius 2 is 2.07 bits per heavy atom. The fraction of sp³-hybridized carbons (Fsp3) is 0.455. The highest BCUT2D eigenvalue weighted by Crippen LogP contribution is 2.25. The predicted octanol–water partition coefficient (Wildman–Crippen LogP) is 1.48. The monoisotopic (exact) mass is 194 g/mol. The molecule has 0 radical (unpaired) electrons. The van der Waals surface area contributed by atoms with Gasteiger partial charge in [-0.15, -0.1) is 0 Å². The van der Waals surface area contributed by atoms with Crippen LogP contribution in [0.15, 0.2) is 30.3 Å². The molecule has 0 amide bonds. The van der Waals surface area contributed by atoms with Crippen LogP contribution in [0.5, 0.6) is 0 Å². The van der Waals surface area contributed by atoms with E-state index in [1.807, 2.05) is 30.3 Å². The summed E-state index contributed by atoms with van der Waals surface area (Å²) < 4.78 is 11.0. The van der Waals surface area contributed by atoms with Crippen LogP contribution in [-0.2, 0) is 9.47 Å². The molecule has 1 aliphatic rings. The van der Waals surface area contributed by atoms with Gasteiger partial charge in [-0.3, -0.25) is 0 Å². The highest BCUT2D eigenvalue weighted by Gasteiger charge is 2.23. The lowest BCUT2D eigenvalue weighted by molar-refractivity contribution is -0.224. The molecule has 3 heteroatoms. The van der Waals surface area contributed by atoms with Gasteiger partial charge in [0.2, 0.25) is 0 Å². The first-order valence-corrected chi connectivity index (χ1v) is 4.83. The van der Waals surface area contributed by atoms with Crippen LogP contribution >= 0.6 is 0 Å². The molecular formula is C11H14O3. The SMILES string of the molecule is OC[C@H]1CCO[C@H](c2ccccc2)O1. The van der Waals surface area contributed by atoms with E-state index in [9.17, 15) is 0 Å². The minimum atomic E-state index is -0.318. The summed E-state index contributed by atoms with van der Waals surface area (Å²) in [6.45, 7) is 0.706. The van der Waals surface area contributed by atoms with E-state index in [-0.39, 0.29) is 19.0 Å². The zero-order valence-corrected chi connectivity index (χ0v) is 7.93. The summed E-state index contributed by atoms with van der Waals surface area (Å²) in [5, 5.41) is 8.98. The van der Waals surface area contributed by atoms with Crippen molar-refractivity contribution < 1.29 is 14.6 Å². The fourth-order valence-corrected chi connectivity index (χ4v) is 1.51. The molecule has 0 aliphatic carbocycles. The van der Waals surface area contributed by atoms with Crippen molar-refractivity contribution in [2.24, 2.45) is 0 Å². The van der Waals surface area contributed by atoms with E-state index < -0.39 is 0 Å². The number of rotatable bonds is 2. The van der Waals surface area contributed by atoms with E-state index in [1.165, 1.54) is 0 Å². The van der Waals surface area contributed by atoms with E-state index in [4.69, 9.17) is 14.6 Å². The largest absolute Gasteiger partial charge is 0.394 e. The Morgan fingerprint density at radius 3 is 2.79 bits per heavy atom. The van der Waals surface area contributed by atoms with Crippen LogP contribution in [0.4, 0.5) is 0 Å². The maximum absolute atomic E-state index is 8.98. The predicted molar refractivity (Wildman–Crippen MR) is 51.7 cm³/mol. The minimum Gasteiger partial charge on any atom is -0.394 e. The first kappa shape index (κ1) is 9.65. The van der Waals surface area contributed by atoms with Gasteiger partial charge in [0.15, 0.2) is 6.29 Å². The van der Waals surface area contributed by atoms with Gasteiger partial charge in [-0.25, -0.2) is 0 Å². The van der Waals surface area contributed by atoms with Crippen molar-refractivity contribution in [3.63, 3.8) is 0 Å². The number of hydrogen-bond donors (Lipinski definition) is 1. The maximum atomic E-state index is 8.98. The van der Waals surface area contributed by atoms with E-state index in [0.717, 1.165) is 12.0 Å². The zero-order chi connectivity index (χ0) is 9.80. The number of aliphatic hydroxyl groups is 1. The van der Waals surface area contributed by atoms with Gasteiger partial charge in [0.25, 0.3) is 0 Å². The molecule has 1 aliphatic heterocycles. The summed E-state index contributed by atoms with van der Waals surface area (Å²) >= 11 is 0. The molecule has 1 aromatic rings. The Labute approximate surface area is 83.3 Å². The van der Waals surface area contributed by atoms with E-state index >= 15 is 0 Å². The Kier molecular flexibility index (Phi) is 3.14. The van der Waals surface area contributed by atoms with Crippen LogP contribution in [0.25, 0.3) is 0 Å². The van der Waals surface area contributed by atoms with Gasteiger partial charge in [0.1, 0.15) is 0 Å². The molecule has 0 aromatic heterocycles. The van der Waals surface area contributed by atoms with E-state index in [0.29, 0.717) is 6.61 Å². The van der Waals surface area contributed by atoms with Crippen LogP contribution in [0, 0.1) is 0 Å². The molecular weight excluding hydrogens is 180 g/mol. The van der Waals surface area contributed by atoms with Gasteiger partial charge in [-0.1, -0.05) is 30.3 Å². The van der Waals surface area contributed by atoms with Crippen molar-refractivity contribution >= 4 is 0 Å². The molecule has 1 fully saturated rings. The smallest absolute Gasteiger partial charge is 0.184 e. The van der Waals surface area contributed by atoms with Gasteiger partial charge in [-0.05, 0) is 6.42 Å². The molecule has 0 spiro atoms. The first-order valence-electron chi connectivity index (χ1n) is 4.83. The first-order chi connectivity index (χ1) is 6.90. The summed E-state index contributed by atoms with van der Waals surface area (Å²) in [7, 11) is 0. The van der Waals surface area contributed by atoms with Crippen LogP contribution < -0.4 is 0 Å². The molecule has 14 heavy (non-hydrogen) atoms. The molecule has 3 nitrogen and oxygen atoms in total. The Bertz CT molecular complexity index is 273. The van der Waals surface area contributed by atoms with Gasteiger partial charge < -0.3 is 14.6 Å². The molecule has 76 valence electrons. The number of ether oxygens (including phenoxy) is 2. The Morgan fingerprint density at radius 1 is 1.29 bits per heavy atom. The average molecular weight is 194 g/mol. The van der Waals surface area contributed by atoms with Crippen molar-refractivity contribution in [2.75, 3.05) is 13.2 Å². The molecule has 1 N–H and O–H groups in total. The fourth-order valence-electron chi connectivity index (χ4n) is 1.51. The topological polar surface area (TPSA) is 38.7 Å². The highest BCUT2D eigenvalue weighted by atomic mass is 16.7. The summed E-state index contributed by atoms with van der Waals surface area (Å²) in [6.07, 6.45) is 0.357. The van der Waals surface area contributed by atoms with Gasteiger partial charge >= 0.3 is 0 Å². The summed E-state index contributed by atoms with van der Waals surface area (Å²) in [5.41, 5.74) is 1.01. The molecule has 2 rings (SSSR count). The molecule has 1 saturated heterocycles. The second-order valence-corrected chi connectivity index (χ2v) is 3.34.